The number of ether oxygens (including phenoxy) is 1. The van der Waals surface area contributed by atoms with Crippen LogP contribution >= 0.6 is 0 Å². The number of aliphatic hydroxyl groups excluding tert-OH is 1. The lowest BCUT2D eigenvalue weighted by molar-refractivity contribution is 0.122. The summed E-state index contributed by atoms with van der Waals surface area (Å²) in [5.41, 5.74) is 0.885. The molecule has 4 atom stereocenters. The molecule has 1 heterocycles. The van der Waals surface area contributed by atoms with Gasteiger partial charge in [-0.2, -0.15) is 0 Å². The molecule has 4 unspecified atom stereocenters. The summed E-state index contributed by atoms with van der Waals surface area (Å²) in [6.45, 7) is 0. The van der Waals surface area contributed by atoms with Crippen molar-refractivity contribution >= 4 is 0 Å². The molecular weight excluding hydrogens is 226 g/mol. The number of hydrogen-bond donors (Lipinski definition) is 1. The predicted molar refractivity (Wildman–Crippen MR) is 69.3 cm³/mol. The Morgan fingerprint density at radius 1 is 1.44 bits per heavy atom. The molecule has 2 bridgehead atoms. The number of aromatic nitrogens is 1. The summed E-state index contributed by atoms with van der Waals surface area (Å²) in [6.07, 6.45) is 9.36. The molecule has 2 aliphatic rings. The molecule has 3 nitrogen and oxygen atoms in total. The van der Waals surface area contributed by atoms with Crippen LogP contribution in [0.25, 0.3) is 0 Å². The van der Waals surface area contributed by atoms with Gasteiger partial charge in [0.25, 0.3) is 0 Å². The van der Waals surface area contributed by atoms with Crippen LogP contribution < -0.4 is 4.74 Å². The first kappa shape index (κ1) is 12.0. The molecule has 2 fully saturated rings. The smallest absolute Gasteiger partial charge is 0.142 e. The van der Waals surface area contributed by atoms with E-state index in [0.717, 1.165) is 23.8 Å². The van der Waals surface area contributed by atoms with Gasteiger partial charge < -0.3 is 9.84 Å². The summed E-state index contributed by atoms with van der Waals surface area (Å²) in [5, 5.41) is 10.4. The van der Waals surface area contributed by atoms with E-state index in [1.165, 1.54) is 25.7 Å². The fourth-order valence-electron chi connectivity index (χ4n) is 3.92. The van der Waals surface area contributed by atoms with Crippen LogP contribution in [-0.2, 0) is 0 Å². The lowest BCUT2D eigenvalue weighted by Crippen LogP contribution is -2.14. The van der Waals surface area contributed by atoms with Crippen molar-refractivity contribution in [2.75, 3.05) is 7.11 Å². The van der Waals surface area contributed by atoms with E-state index in [0.29, 0.717) is 11.7 Å². The average Bonchev–Trinajstić information content (AvgIpc) is 3.01. The minimum Gasteiger partial charge on any atom is -0.495 e. The third-order valence-corrected chi connectivity index (χ3v) is 4.81. The van der Waals surface area contributed by atoms with Gasteiger partial charge in [-0.3, -0.25) is 4.98 Å². The van der Waals surface area contributed by atoms with E-state index in [1.54, 1.807) is 19.5 Å². The maximum Gasteiger partial charge on any atom is 0.142 e. The maximum atomic E-state index is 10.4. The number of pyridine rings is 1. The normalized spacial score (nSPS) is 31.6. The molecule has 18 heavy (non-hydrogen) atoms. The molecule has 0 radical (unpaired) electrons. The first-order valence-corrected chi connectivity index (χ1v) is 6.94. The van der Waals surface area contributed by atoms with Crippen molar-refractivity contribution < 1.29 is 9.84 Å². The van der Waals surface area contributed by atoms with Gasteiger partial charge in [0.05, 0.1) is 19.4 Å². The number of methoxy groups -OCH3 is 1. The van der Waals surface area contributed by atoms with Crippen LogP contribution in [0.1, 0.15) is 43.8 Å². The van der Waals surface area contributed by atoms with Gasteiger partial charge in [-0.05, 0) is 49.5 Å². The molecule has 0 aromatic carbocycles. The number of rotatable bonds is 4. The standard InChI is InChI=1S/C15H21NO2/c1-18-15-9-16-5-4-13(15)14(17)8-12-7-10-2-3-11(12)6-10/h4-5,9-12,14,17H,2-3,6-8H2,1H3. The number of aliphatic hydroxyl groups is 1. The minimum absolute atomic E-state index is 0.410. The molecule has 3 rings (SSSR count). The highest BCUT2D eigenvalue weighted by Crippen LogP contribution is 2.51. The van der Waals surface area contributed by atoms with E-state index in [2.05, 4.69) is 4.98 Å². The summed E-state index contributed by atoms with van der Waals surface area (Å²) in [6, 6.07) is 1.87. The SMILES string of the molecule is COc1cnccc1C(O)CC1CC2CCC1C2. The van der Waals surface area contributed by atoms with Crippen LogP contribution in [0.5, 0.6) is 5.75 Å². The molecule has 2 saturated carbocycles. The Bertz CT molecular complexity index is 421. The predicted octanol–water partition coefficient (Wildman–Crippen LogP) is 2.95. The van der Waals surface area contributed by atoms with Crippen molar-refractivity contribution in [3.8, 4) is 5.75 Å². The number of fused-ring (bicyclic) bond motifs is 2. The van der Waals surface area contributed by atoms with Crippen LogP contribution in [-0.4, -0.2) is 17.2 Å². The van der Waals surface area contributed by atoms with E-state index in [4.69, 9.17) is 4.74 Å². The zero-order chi connectivity index (χ0) is 12.5. The van der Waals surface area contributed by atoms with Gasteiger partial charge >= 0.3 is 0 Å². The molecule has 1 aromatic rings. The topological polar surface area (TPSA) is 42.4 Å². The second-order valence-electron chi connectivity index (χ2n) is 5.80. The molecule has 1 aromatic heterocycles. The zero-order valence-corrected chi connectivity index (χ0v) is 10.9. The molecule has 98 valence electrons. The fraction of sp³-hybridized carbons (Fsp3) is 0.667. The van der Waals surface area contributed by atoms with Crippen LogP contribution in [0.2, 0.25) is 0 Å². The van der Waals surface area contributed by atoms with Crippen molar-refractivity contribution in [3.05, 3.63) is 24.0 Å². The van der Waals surface area contributed by atoms with Gasteiger partial charge in [0, 0.05) is 11.8 Å². The Balaban J connectivity index is 1.69. The zero-order valence-electron chi connectivity index (χ0n) is 10.9. The summed E-state index contributed by atoms with van der Waals surface area (Å²) < 4.78 is 5.27. The molecular formula is C15H21NO2. The number of hydrogen-bond acceptors (Lipinski definition) is 3. The number of nitrogens with zero attached hydrogens (tertiary/aromatic N) is 1. The monoisotopic (exact) mass is 247 g/mol. The molecule has 0 aliphatic heterocycles. The Morgan fingerprint density at radius 3 is 3.00 bits per heavy atom. The Hall–Kier alpha value is -1.09. The third-order valence-electron chi connectivity index (χ3n) is 4.81. The summed E-state index contributed by atoms with van der Waals surface area (Å²) in [4.78, 5) is 4.03. The lowest BCUT2D eigenvalue weighted by Gasteiger charge is -2.24. The van der Waals surface area contributed by atoms with Crippen LogP contribution in [0, 0.1) is 17.8 Å². The molecule has 0 saturated heterocycles. The second kappa shape index (κ2) is 4.88. The highest BCUT2D eigenvalue weighted by atomic mass is 16.5. The van der Waals surface area contributed by atoms with Gasteiger partial charge in [0.2, 0.25) is 0 Å². The van der Waals surface area contributed by atoms with Crippen molar-refractivity contribution in [2.45, 2.75) is 38.2 Å². The van der Waals surface area contributed by atoms with Gasteiger partial charge in [-0.1, -0.05) is 6.42 Å². The summed E-state index contributed by atoms with van der Waals surface area (Å²) in [5.74, 6) is 3.20. The maximum absolute atomic E-state index is 10.4. The summed E-state index contributed by atoms with van der Waals surface area (Å²) >= 11 is 0. The van der Waals surface area contributed by atoms with E-state index >= 15 is 0 Å². The quantitative estimate of drug-likeness (QED) is 0.889. The van der Waals surface area contributed by atoms with E-state index in [-0.39, 0.29) is 0 Å². The van der Waals surface area contributed by atoms with Gasteiger partial charge in [0.15, 0.2) is 0 Å². The summed E-state index contributed by atoms with van der Waals surface area (Å²) in [7, 11) is 1.63. The van der Waals surface area contributed by atoms with Crippen LogP contribution in [0.15, 0.2) is 18.5 Å². The Kier molecular flexibility index (Phi) is 3.25. The minimum atomic E-state index is -0.410. The molecule has 3 heteroatoms. The van der Waals surface area contributed by atoms with E-state index < -0.39 is 6.10 Å². The van der Waals surface area contributed by atoms with Crippen molar-refractivity contribution in [2.24, 2.45) is 17.8 Å². The van der Waals surface area contributed by atoms with Gasteiger partial charge in [-0.15, -0.1) is 0 Å². The Labute approximate surface area is 108 Å². The first-order valence-electron chi connectivity index (χ1n) is 6.94. The average molecular weight is 247 g/mol. The van der Waals surface area contributed by atoms with Gasteiger partial charge in [0.1, 0.15) is 5.75 Å². The molecule has 2 aliphatic carbocycles. The Morgan fingerprint density at radius 2 is 2.33 bits per heavy atom. The van der Waals surface area contributed by atoms with Crippen molar-refractivity contribution in [3.63, 3.8) is 0 Å². The molecule has 1 N–H and O–H groups in total. The second-order valence-corrected chi connectivity index (χ2v) is 5.80. The van der Waals surface area contributed by atoms with Gasteiger partial charge in [-0.25, -0.2) is 0 Å². The van der Waals surface area contributed by atoms with Crippen molar-refractivity contribution in [1.29, 1.82) is 0 Å². The first-order chi connectivity index (χ1) is 8.78. The van der Waals surface area contributed by atoms with Crippen LogP contribution in [0.4, 0.5) is 0 Å². The highest BCUT2D eigenvalue weighted by Gasteiger charge is 2.40. The highest BCUT2D eigenvalue weighted by molar-refractivity contribution is 5.31. The fourth-order valence-corrected chi connectivity index (χ4v) is 3.92. The van der Waals surface area contributed by atoms with E-state index in [1.807, 2.05) is 6.07 Å². The lowest BCUT2D eigenvalue weighted by atomic mass is 9.83. The van der Waals surface area contributed by atoms with E-state index in [9.17, 15) is 5.11 Å². The molecule has 0 spiro atoms. The third kappa shape index (κ3) is 2.12. The molecule has 0 amide bonds. The van der Waals surface area contributed by atoms with Crippen molar-refractivity contribution in [1.82, 2.24) is 4.98 Å². The largest absolute Gasteiger partial charge is 0.495 e. The van der Waals surface area contributed by atoms with Crippen LogP contribution in [0.3, 0.4) is 0 Å².